The molecule has 1 saturated carbocycles. The SMILES string of the molecule is CC(C)C1CCCCC1NCc1cn(C)c2ccccc12. The predicted octanol–water partition coefficient (Wildman–Crippen LogP) is 4.48. The third kappa shape index (κ3) is 3.01. The van der Waals surface area contributed by atoms with Crippen molar-refractivity contribution in [2.45, 2.75) is 52.1 Å². The molecule has 114 valence electrons. The summed E-state index contributed by atoms with van der Waals surface area (Å²) in [4.78, 5) is 0. The number of para-hydroxylation sites is 1. The monoisotopic (exact) mass is 284 g/mol. The summed E-state index contributed by atoms with van der Waals surface area (Å²) < 4.78 is 2.24. The molecule has 0 radical (unpaired) electrons. The van der Waals surface area contributed by atoms with Gasteiger partial charge in [-0.1, -0.05) is 44.9 Å². The molecule has 1 heterocycles. The first-order chi connectivity index (χ1) is 10.2. The Morgan fingerprint density at radius 3 is 2.76 bits per heavy atom. The van der Waals surface area contributed by atoms with Crippen molar-refractivity contribution in [1.29, 1.82) is 0 Å². The van der Waals surface area contributed by atoms with E-state index in [-0.39, 0.29) is 0 Å². The van der Waals surface area contributed by atoms with Gasteiger partial charge in [0.1, 0.15) is 0 Å². The molecule has 2 aromatic rings. The van der Waals surface area contributed by atoms with Crippen molar-refractivity contribution in [3.05, 3.63) is 36.0 Å². The minimum absolute atomic E-state index is 0.692. The maximum absolute atomic E-state index is 3.86. The molecular formula is C19H28N2. The van der Waals surface area contributed by atoms with E-state index in [1.165, 1.54) is 42.1 Å². The maximum atomic E-state index is 3.86. The van der Waals surface area contributed by atoms with Crippen molar-refractivity contribution >= 4 is 10.9 Å². The van der Waals surface area contributed by atoms with Crippen LogP contribution in [0.15, 0.2) is 30.5 Å². The van der Waals surface area contributed by atoms with Crippen LogP contribution < -0.4 is 5.32 Å². The van der Waals surface area contributed by atoms with Crippen LogP contribution in [0.4, 0.5) is 0 Å². The molecule has 1 aromatic heterocycles. The van der Waals surface area contributed by atoms with Crippen LogP contribution in [0.5, 0.6) is 0 Å². The molecule has 3 rings (SSSR count). The summed E-state index contributed by atoms with van der Waals surface area (Å²) in [5, 5.41) is 5.25. The van der Waals surface area contributed by atoms with Gasteiger partial charge < -0.3 is 9.88 Å². The molecule has 0 aliphatic heterocycles. The Bertz CT molecular complexity index is 597. The number of fused-ring (bicyclic) bond motifs is 1. The standard InChI is InChI=1S/C19H28N2/c1-14(2)16-8-4-6-10-18(16)20-12-15-13-21(3)19-11-7-5-9-17(15)19/h5,7,9,11,13-14,16,18,20H,4,6,8,10,12H2,1-3H3. The highest BCUT2D eigenvalue weighted by Crippen LogP contribution is 2.30. The maximum Gasteiger partial charge on any atom is 0.0481 e. The Morgan fingerprint density at radius 2 is 1.95 bits per heavy atom. The zero-order valence-corrected chi connectivity index (χ0v) is 13.6. The van der Waals surface area contributed by atoms with Gasteiger partial charge in [0.25, 0.3) is 0 Å². The molecule has 1 aliphatic rings. The summed E-state index contributed by atoms with van der Waals surface area (Å²) in [6.07, 6.45) is 7.81. The molecule has 0 amide bonds. The van der Waals surface area contributed by atoms with E-state index in [9.17, 15) is 0 Å². The number of nitrogens with zero attached hydrogens (tertiary/aromatic N) is 1. The first-order valence-electron chi connectivity index (χ1n) is 8.43. The number of aromatic nitrogens is 1. The van der Waals surface area contributed by atoms with E-state index in [2.05, 4.69) is 61.2 Å². The van der Waals surface area contributed by atoms with Gasteiger partial charge in [-0.2, -0.15) is 0 Å². The molecule has 2 unspecified atom stereocenters. The summed E-state index contributed by atoms with van der Waals surface area (Å²) in [6.45, 7) is 5.75. The van der Waals surface area contributed by atoms with Gasteiger partial charge in [-0.3, -0.25) is 0 Å². The van der Waals surface area contributed by atoms with Crippen LogP contribution in [0, 0.1) is 11.8 Å². The zero-order valence-electron chi connectivity index (χ0n) is 13.6. The smallest absolute Gasteiger partial charge is 0.0481 e. The van der Waals surface area contributed by atoms with Gasteiger partial charge in [0.05, 0.1) is 0 Å². The highest BCUT2D eigenvalue weighted by atomic mass is 15.0. The van der Waals surface area contributed by atoms with E-state index in [1.54, 1.807) is 0 Å². The van der Waals surface area contributed by atoms with E-state index in [1.807, 2.05) is 0 Å². The Balaban J connectivity index is 1.74. The number of aryl methyl sites for hydroxylation is 1. The molecule has 2 atom stereocenters. The minimum Gasteiger partial charge on any atom is -0.350 e. The lowest BCUT2D eigenvalue weighted by atomic mass is 9.78. The molecule has 21 heavy (non-hydrogen) atoms. The average molecular weight is 284 g/mol. The molecule has 2 heteroatoms. The van der Waals surface area contributed by atoms with Crippen molar-refractivity contribution in [1.82, 2.24) is 9.88 Å². The lowest BCUT2D eigenvalue weighted by molar-refractivity contribution is 0.205. The van der Waals surface area contributed by atoms with Gasteiger partial charge in [-0.15, -0.1) is 0 Å². The minimum atomic E-state index is 0.692. The molecule has 1 aliphatic carbocycles. The molecule has 0 spiro atoms. The van der Waals surface area contributed by atoms with Crippen molar-refractivity contribution in [3.8, 4) is 0 Å². The van der Waals surface area contributed by atoms with Crippen LogP contribution in [-0.4, -0.2) is 10.6 Å². The highest BCUT2D eigenvalue weighted by Gasteiger charge is 2.27. The normalized spacial score (nSPS) is 23.0. The second kappa shape index (κ2) is 6.23. The van der Waals surface area contributed by atoms with E-state index in [0.717, 1.165) is 18.4 Å². The first-order valence-corrected chi connectivity index (χ1v) is 8.43. The Labute approximate surface area is 128 Å². The van der Waals surface area contributed by atoms with Gasteiger partial charge in [0.2, 0.25) is 0 Å². The molecule has 1 aromatic carbocycles. The van der Waals surface area contributed by atoms with Crippen molar-refractivity contribution in [3.63, 3.8) is 0 Å². The topological polar surface area (TPSA) is 17.0 Å². The Kier molecular flexibility index (Phi) is 4.34. The largest absolute Gasteiger partial charge is 0.350 e. The molecule has 1 fully saturated rings. The van der Waals surface area contributed by atoms with Crippen LogP contribution >= 0.6 is 0 Å². The van der Waals surface area contributed by atoms with Crippen LogP contribution in [0.1, 0.15) is 45.1 Å². The molecule has 2 nitrogen and oxygen atoms in total. The molecular weight excluding hydrogens is 256 g/mol. The fraction of sp³-hybridized carbons (Fsp3) is 0.579. The number of rotatable bonds is 4. The highest BCUT2D eigenvalue weighted by molar-refractivity contribution is 5.83. The fourth-order valence-corrected chi connectivity index (χ4v) is 4.02. The van der Waals surface area contributed by atoms with E-state index < -0.39 is 0 Å². The third-order valence-corrected chi connectivity index (χ3v) is 5.21. The average Bonchev–Trinajstić information content (AvgIpc) is 2.82. The summed E-state index contributed by atoms with van der Waals surface area (Å²) in [5.41, 5.74) is 2.76. The number of hydrogen-bond donors (Lipinski definition) is 1. The van der Waals surface area contributed by atoms with Crippen LogP contribution in [0.25, 0.3) is 10.9 Å². The van der Waals surface area contributed by atoms with Crippen LogP contribution in [0.2, 0.25) is 0 Å². The van der Waals surface area contributed by atoms with E-state index >= 15 is 0 Å². The summed E-state index contributed by atoms with van der Waals surface area (Å²) >= 11 is 0. The van der Waals surface area contributed by atoms with Crippen LogP contribution in [-0.2, 0) is 13.6 Å². The Hall–Kier alpha value is -1.28. The molecule has 1 N–H and O–H groups in total. The van der Waals surface area contributed by atoms with Gasteiger partial charge in [0, 0.05) is 36.7 Å². The zero-order chi connectivity index (χ0) is 14.8. The fourth-order valence-electron chi connectivity index (χ4n) is 4.02. The first kappa shape index (κ1) is 14.6. The Morgan fingerprint density at radius 1 is 1.19 bits per heavy atom. The number of hydrogen-bond acceptors (Lipinski definition) is 1. The van der Waals surface area contributed by atoms with Crippen molar-refractivity contribution in [2.75, 3.05) is 0 Å². The molecule has 0 bridgehead atoms. The van der Waals surface area contributed by atoms with Crippen LogP contribution in [0.3, 0.4) is 0 Å². The van der Waals surface area contributed by atoms with Crippen molar-refractivity contribution in [2.24, 2.45) is 18.9 Å². The van der Waals surface area contributed by atoms with Gasteiger partial charge >= 0.3 is 0 Å². The van der Waals surface area contributed by atoms with Crippen molar-refractivity contribution < 1.29 is 0 Å². The lowest BCUT2D eigenvalue weighted by Gasteiger charge is -2.35. The summed E-state index contributed by atoms with van der Waals surface area (Å²) in [5.74, 6) is 1.63. The second-order valence-corrected chi connectivity index (χ2v) is 6.96. The van der Waals surface area contributed by atoms with Gasteiger partial charge in [0.15, 0.2) is 0 Å². The third-order valence-electron chi connectivity index (χ3n) is 5.21. The number of benzene rings is 1. The summed E-state index contributed by atoms with van der Waals surface area (Å²) in [7, 11) is 2.14. The molecule has 0 saturated heterocycles. The van der Waals surface area contributed by atoms with E-state index in [0.29, 0.717) is 6.04 Å². The predicted molar refractivity (Wildman–Crippen MR) is 90.3 cm³/mol. The lowest BCUT2D eigenvalue weighted by Crippen LogP contribution is -2.40. The summed E-state index contributed by atoms with van der Waals surface area (Å²) in [6, 6.07) is 9.40. The number of nitrogens with one attached hydrogen (secondary N) is 1. The second-order valence-electron chi connectivity index (χ2n) is 6.96. The van der Waals surface area contributed by atoms with E-state index in [4.69, 9.17) is 0 Å². The quantitative estimate of drug-likeness (QED) is 0.875. The van der Waals surface area contributed by atoms with Gasteiger partial charge in [-0.25, -0.2) is 0 Å². The van der Waals surface area contributed by atoms with Gasteiger partial charge in [-0.05, 0) is 36.3 Å².